The predicted molar refractivity (Wildman–Crippen MR) is 77.8 cm³/mol. The quantitative estimate of drug-likeness (QED) is 0.598. The largest absolute Gasteiger partial charge is 0.460 e. The lowest BCUT2D eigenvalue weighted by atomic mass is 10.2. The zero-order chi connectivity index (χ0) is 14.6. The number of carbonyl (C=O) groups is 2. The Labute approximate surface area is 125 Å². The Morgan fingerprint density at radius 2 is 2.00 bits per heavy atom. The second kappa shape index (κ2) is 6.31. The first-order chi connectivity index (χ1) is 8.69. The molecule has 0 aliphatic rings. The summed E-state index contributed by atoms with van der Waals surface area (Å²) < 4.78 is 11.0. The second-order valence-corrected chi connectivity index (χ2v) is 6.09. The summed E-state index contributed by atoms with van der Waals surface area (Å²) in [5, 5.41) is 0. The molecular formula is C13H16INO4. The van der Waals surface area contributed by atoms with Gasteiger partial charge in [-0.25, -0.2) is 0 Å². The number of esters is 2. The van der Waals surface area contributed by atoms with Gasteiger partial charge in [-0.15, -0.1) is 0 Å². The first kappa shape index (κ1) is 15.9. The van der Waals surface area contributed by atoms with Crippen molar-refractivity contribution in [2.24, 2.45) is 0 Å². The Morgan fingerprint density at radius 3 is 2.53 bits per heavy atom. The van der Waals surface area contributed by atoms with Crippen molar-refractivity contribution in [1.29, 1.82) is 0 Å². The molecule has 0 fully saturated rings. The molecule has 0 aliphatic carbocycles. The van der Waals surface area contributed by atoms with Gasteiger partial charge in [-0.05, 0) is 49.4 Å². The molecule has 0 amide bonds. The molecule has 0 saturated carbocycles. The minimum Gasteiger partial charge on any atom is -0.460 e. The van der Waals surface area contributed by atoms with Crippen LogP contribution >= 0.6 is 22.6 Å². The molecule has 0 unspecified atom stereocenters. The van der Waals surface area contributed by atoms with Crippen molar-refractivity contribution in [1.82, 2.24) is 4.98 Å². The Morgan fingerprint density at radius 1 is 1.37 bits per heavy atom. The first-order valence-corrected chi connectivity index (χ1v) is 6.80. The van der Waals surface area contributed by atoms with Crippen LogP contribution in [0.5, 0.6) is 5.75 Å². The van der Waals surface area contributed by atoms with E-state index in [0.29, 0.717) is 11.4 Å². The molecule has 19 heavy (non-hydrogen) atoms. The third kappa shape index (κ3) is 5.54. The average molecular weight is 377 g/mol. The highest BCUT2D eigenvalue weighted by Gasteiger charge is 2.20. The summed E-state index contributed by atoms with van der Waals surface area (Å²) >= 11 is 2.03. The van der Waals surface area contributed by atoms with Crippen molar-refractivity contribution in [2.45, 2.75) is 39.7 Å². The van der Waals surface area contributed by atoms with Crippen molar-refractivity contribution in [3.05, 3.63) is 21.5 Å². The highest BCUT2D eigenvalue weighted by atomic mass is 127. The summed E-state index contributed by atoms with van der Waals surface area (Å²) in [6.07, 6.45) is 1.53. The number of rotatable bonds is 3. The number of hydrogen-bond acceptors (Lipinski definition) is 5. The van der Waals surface area contributed by atoms with Crippen LogP contribution in [0.15, 0.2) is 12.3 Å². The van der Waals surface area contributed by atoms with Crippen molar-refractivity contribution >= 4 is 34.5 Å². The molecule has 0 bridgehead atoms. The van der Waals surface area contributed by atoms with E-state index in [4.69, 9.17) is 9.47 Å². The maximum Gasteiger partial charge on any atom is 0.312 e. The lowest BCUT2D eigenvalue weighted by molar-refractivity contribution is -0.154. The van der Waals surface area contributed by atoms with Crippen LogP contribution in [0.3, 0.4) is 0 Å². The van der Waals surface area contributed by atoms with Crippen LogP contribution in [0, 0.1) is 3.57 Å². The van der Waals surface area contributed by atoms with Crippen LogP contribution in [0.4, 0.5) is 0 Å². The van der Waals surface area contributed by atoms with Gasteiger partial charge < -0.3 is 9.47 Å². The molecule has 0 atom stereocenters. The van der Waals surface area contributed by atoms with Crippen molar-refractivity contribution < 1.29 is 19.1 Å². The van der Waals surface area contributed by atoms with Crippen LogP contribution in [0.25, 0.3) is 0 Å². The normalized spacial score (nSPS) is 11.0. The van der Waals surface area contributed by atoms with E-state index in [2.05, 4.69) is 4.98 Å². The minimum atomic E-state index is -0.555. The topological polar surface area (TPSA) is 65.5 Å². The van der Waals surface area contributed by atoms with Gasteiger partial charge in [0.15, 0.2) is 5.75 Å². The van der Waals surface area contributed by atoms with Crippen molar-refractivity contribution in [3.8, 4) is 5.75 Å². The smallest absolute Gasteiger partial charge is 0.312 e. The van der Waals surface area contributed by atoms with E-state index in [9.17, 15) is 9.59 Å². The Balaban J connectivity index is 2.92. The van der Waals surface area contributed by atoms with E-state index in [-0.39, 0.29) is 6.42 Å². The van der Waals surface area contributed by atoms with Crippen LogP contribution in [-0.4, -0.2) is 22.5 Å². The first-order valence-electron chi connectivity index (χ1n) is 5.72. The molecule has 0 spiro atoms. The fraction of sp³-hybridized carbons (Fsp3) is 0.462. The summed E-state index contributed by atoms with van der Waals surface area (Å²) in [4.78, 5) is 26.9. The molecule has 1 aromatic heterocycles. The van der Waals surface area contributed by atoms with Gasteiger partial charge in [0.1, 0.15) is 5.60 Å². The molecule has 104 valence electrons. The molecule has 5 nitrogen and oxygen atoms in total. The molecule has 0 aliphatic heterocycles. The SMILES string of the molecule is CC(=O)Oc1c(I)ccnc1CC(=O)OC(C)(C)C. The molecule has 0 N–H and O–H groups in total. The number of pyridine rings is 1. The predicted octanol–water partition coefficient (Wildman–Crippen LogP) is 2.50. The van der Waals surface area contributed by atoms with E-state index in [1.54, 1.807) is 33.0 Å². The summed E-state index contributed by atoms with van der Waals surface area (Å²) in [5.74, 6) is -0.534. The Hall–Kier alpha value is -1.18. The number of ether oxygens (including phenoxy) is 2. The highest BCUT2D eigenvalue weighted by molar-refractivity contribution is 14.1. The summed E-state index contributed by atoms with van der Waals surface area (Å²) in [6.45, 7) is 6.68. The lowest BCUT2D eigenvalue weighted by Crippen LogP contribution is -2.25. The van der Waals surface area contributed by atoms with Gasteiger partial charge in [-0.3, -0.25) is 14.6 Å². The Kier molecular flexibility index (Phi) is 5.28. The third-order valence-electron chi connectivity index (χ3n) is 1.91. The number of nitrogens with zero attached hydrogens (tertiary/aromatic N) is 1. The zero-order valence-electron chi connectivity index (χ0n) is 11.3. The number of aromatic nitrogens is 1. The number of hydrogen-bond donors (Lipinski definition) is 0. The van der Waals surface area contributed by atoms with E-state index in [0.717, 1.165) is 3.57 Å². The van der Waals surface area contributed by atoms with Gasteiger partial charge in [0, 0.05) is 13.1 Å². The lowest BCUT2D eigenvalue weighted by Gasteiger charge is -2.19. The van der Waals surface area contributed by atoms with Crippen LogP contribution in [0.1, 0.15) is 33.4 Å². The second-order valence-electron chi connectivity index (χ2n) is 4.93. The summed E-state index contributed by atoms with van der Waals surface area (Å²) in [7, 11) is 0. The molecule has 0 aromatic carbocycles. The average Bonchev–Trinajstić information content (AvgIpc) is 2.19. The molecule has 1 heterocycles. The highest BCUT2D eigenvalue weighted by Crippen LogP contribution is 2.25. The fourth-order valence-corrected chi connectivity index (χ4v) is 1.94. The molecular weight excluding hydrogens is 361 g/mol. The van der Waals surface area contributed by atoms with Gasteiger partial charge >= 0.3 is 11.9 Å². The van der Waals surface area contributed by atoms with Gasteiger partial charge in [0.25, 0.3) is 0 Å². The maximum atomic E-state index is 11.8. The molecule has 1 aromatic rings. The maximum absolute atomic E-state index is 11.8. The van der Waals surface area contributed by atoms with Gasteiger partial charge in [0.2, 0.25) is 0 Å². The molecule has 0 saturated heterocycles. The molecule has 1 rings (SSSR count). The zero-order valence-corrected chi connectivity index (χ0v) is 13.5. The summed E-state index contributed by atoms with van der Waals surface area (Å²) in [6, 6.07) is 1.71. The standard InChI is InChI=1S/C13H16INO4/c1-8(16)18-12-9(14)5-6-15-10(12)7-11(17)19-13(2,3)4/h5-6H,7H2,1-4H3. The number of carbonyl (C=O) groups excluding carboxylic acids is 2. The third-order valence-corrected chi connectivity index (χ3v) is 2.76. The monoisotopic (exact) mass is 377 g/mol. The van der Waals surface area contributed by atoms with E-state index >= 15 is 0 Å². The number of halogens is 1. The van der Waals surface area contributed by atoms with Gasteiger partial charge in [-0.1, -0.05) is 0 Å². The Bertz CT molecular complexity index is 494. The fourth-order valence-electron chi connectivity index (χ4n) is 1.36. The van der Waals surface area contributed by atoms with E-state index < -0.39 is 17.5 Å². The van der Waals surface area contributed by atoms with Crippen LogP contribution in [0.2, 0.25) is 0 Å². The molecule has 6 heteroatoms. The van der Waals surface area contributed by atoms with Gasteiger partial charge in [0.05, 0.1) is 15.7 Å². The van der Waals surface area contributed by atoms with E-state index in [1.807, 2.05) is 22.6 Å². The summed E-state index contributed by atoms with van der Waals surface area (Å²) in [5.41, 5.74) is -0.156. The van der Waals surface area contributed by atoms with E-state index in [1.165, 1.54) is 6.92 Å². The van der Waals surface area contributed by atoms with Crippen LogP contribution < -0.4 is 4.74 Å². The van der Waals surface area contributed by atoms with Crippen LogP contribution in [-0.2, 0) is 20.7 Å². The van der Waals surface area contributed by atoms with Crippen molar-refractivity contribution in [2.75, 3.05) is 0 Å². The molecule has 0 radical (unpaired) electrons. The minimum absolute atomic E-state index is 0.0310. The van der Waals surface area contributed by atoms with Crippen molar-refractivity contribution in [3.63, 3.8) is 0 Å². The van der Waals surface area contributed by atoms with Gasteiger partial charge in [-0.2, -0.15) is 0 Å².